The van der Waals surface area contributed by atoms with Crippen molar-refractivity contribution < 1.29 is 19.2 Å². The van der Waals surface area contributed by atoms with Gasteiger partial charge in [-0.1, -0.05) is 23.5 Å². The van der Waals surface area contributed by atoms with Crippen molar-refractivity contribution in [1.82, 2.24) is 0 Å². The Morgan fingerprint density at radius 3 is 2.76 bits per heavy atom. The van der Waals surface area contributed by atoms with Gasteiger partial charge in [-0.3, -0.25) is 14.9 Å². The van der Waals surface area contributed by atoms with E-state index in [1.165, 1.54) is 13.0 Å². The molecule has 0 N–H and O–H groups in total. The van der Waals surface area contributed by atoms with Gasteiger partial charge in [0.2, 0.25) is 0 Å². The van der Waals surface area contributed by atoms with E-state index in [4.69, 9.17) is 9.47 Å². The van der Waals surface area contributed by atoms with Crippen LogP contribution in [-0.2, 0) is 11.3 Å². The number of hydrogen-bond donors (Lipinski definition) is 0. The summed E-state index contributed by atoms with van der Waals surface area (Å²) in [6.07, 6.45) is 0. The molecule has 1 aromatic heterocycles. The van der Waals surface area contributed by atoms with E-state index >= 15 is 0 Å². The van der Waals surface area contributed by atoms with E-state index < -0.39 is 4.92 Å². The first-order chi connectivity index (χ1) is 10.0. The minimum Gasteiger partial charge on any atom is -0.440 e. The Kier molecular flexibility index (Phi) is 4.66. The SMILES string of the molecule is COCc1cccc(Oc2sc(C(C)=O)cc2[N+](=O)[O-])c1. The summed E-state index contributed by atoms with van der Waals surface area (Å²) in [6.45, 7) is 1.78. The molecule has 1 aromatic carbocycles. The molecule has 0 bridgehead atoms. The van der Waals surface area contributed by atoms with Gasteiger partial charge < -0.3 is 9.47 Å². The third-order valence-corrected chi connectivity index (χ3v) is 3.75. The molecule has 21 heavy (non-hydrogen) atoms. The number of ether oxygens (including phenoxy) is 2. The first kappa shape index (κ1) is 15.1. The highest BCUT2D eigenvalue weighted by molar-refractivity contribution is 7.16. The Bertz CT molecular complexity index is 680. The molecule has 1 heterocycles. The normalized spacial score (nSPS) is 10.4. The van der Waals surface area contributed by atoms with Crippen LogP contribution >= 0.6 is 11.3 Å². The molecule has 0 saturated carbocycles. The molecule has 6 nitrogen and oxygen atoms in total. The maximum atomic E-state index is 11.3. The zero-order chi connectivity index (χ0) is 15.4. The first-order valence-corrected chi connectivity index (χ1v) is 6.88. The molecule has 0 fully saturated rings. The molecule has 0 radical (unpaired) electrons. The molecule has 2 aromatic rings. The van der Waals surface area contributed by atoms with Gasteiger partial charge >= 0.3 is 5.69 Å². The Hall–Kier alpha value is -2.25. The van der Waals surface area contributed by atoms with E-state index in [9.17, 15) is 14.9 Å². The van der Waals surface area contributed by atoms with Gasteiger partial charge in [-0.15, -0.1) is 0 Å². The van der Waals surface area contributed by atoms with Gasteiger partial charge in [-0.05, 0) is 24.6 Å². The number of Topliss-reactive ketones (excluding diaryl/α,β-unsaturated/α-hetero) is 1. The van der Waals surface area contributed by atoms with Gasteiger partial charge in [0.15, 0.2) is 5.78 Å². The van der Waals surface area contributed by atoms with Crippen molar-refractivity contribution in [2.75, 3.05) is 7.11 Å². The maximum absolute atomic E-state index is 11.3. The van der Waals surface area contributed by atoms with Crippen molar-refractivity contribution in [2.24, 2.45) is 0 Å². The standard InChI is InChI=1S/C14H13NO5S/c1-9(16)13-7-12(15(17)18)14(21-13)20-11-5-3-4-10(6-11)8-19-2/h3-7H,8H2,1-2H3. The number of ketones is 1. The maximum Gasteiger partial charge on any atom is 0.323 e. The van der Waals surface area contributed by atoms with Crippen molar-refractivity contribution in [3.63, 3.8) is 0 Å². The van der Waals surface area contributed by atoms with Gasteiger partial charge in [-0.2, -0.15) is 0 Å². The minimum absolute atomic E-state index is 0.0970. The predicted octanol–water partition coefficient (Wildman–Crippen LogP) is 3.80. The highest BCUT2D eigenvalue weighted by atomic mass is 32.1. The van der Waals surface area contributed by atoms with Gasteiger partial charge in [0.25, 0.3) is 5.06 Å². The Labute approximate surface area is 125 Å². The Morgan fingerprint density at radius 2 is 2.14 bits per heavy atom. The molecule has 0 spiro atoms. The largest absolute Gasteiger partial charge is 0.440 e. The van der Waals surface area contributed by atoms with E-state index in [-0.39, 0.29) is 16.5 Å². The lowest BCUT2D eigenvalue weighted by Gasteiger charge is -2.05. The lowest BCUT2D eigenvalue weighted by molar-refractivity contribution is -0.385. The van der Waals surface area contributed by atoms with Crippen LogP contribution in [0.25, 0.3) is 0 Å². The number of nitro groups is 1. The number of benzene rings is 1. The van der Waals surface area contributed by atoms with Gasteiger partial charge in [-0.25, -0.2) is 0 Å². The average molecular weight is 307 g/mol. The second-order valence-electron chi connectivity index (χ2n) is 4.28. The molecular weight excluding hydrogens is 294 g/mol. The summed E-state index contributed by atoms with van der Waals surface area (Å²) in [5, 5.41) is 11.1. The van der Waals surface area contributed by atoms with Crippen LogP contribution < -0.4 is 4.74 Å². The highest BCUT2D eigenvalue weighted by Crippen LogP contribution is 2.40. The Morgan fingerprint density at radius 1 is 1.38 bits per heavy atom. The van der Waals surface area contributed by atoms with Crippen molar-refractivity contribution >= 4 is 22.8 Å². The Balaban J connectivity index is 2.32. The van der Waals surface area contributed by atoms with E-state index in [0.717, 1.165) is 16.9 Å². The van der Waals surface area contributed by atoms with Crippen LogP contribution in [0.2, 0.25) is 0 Å². The van der Waals surface area contributed by atoms with Crippen LogP contribution in [-0.4, -0.2) is 17.8 Å². The molecule has 0 unspecified atom stereocenters. The number of nitrogens with zero attached hydrogens (tertiary/aromatic N) is 1. The second kappa shape index (κ2) is 6.47. The van der Waals surface area contributed by atoms with E-state index in [1.807, 2.05) is 6.07 Å². The third-order valence-electron chi connectivity index (χ3n) is 2.64. The summed E-state index contributed by atoms with van der Waals surface area (Å²) in [5.41, 5.74) is 0.684. The summed E-state index contributed by atoms with van der Waals surface area (Å²) in [6, 6.07) is 8.30. The highest BCUT2D eigenvalue weighted by Gasteiger charge is 2.23. The van der Waals surface area contributed by atoms with Crippen LogP contribution in [0.15, 0.2) is 30.3 Å². The number of methoxy groups -OCH3 is 1. The molecule has 2 rings (SSSR count). The summed E-state index contributed by atoms with van der Waals surface area (Å²) in [7, 11) is 1.58. The molecular formula is C14H13NO5S. The number of rotatable bonds is 6. The second-order valence-corrected chi connectivity index (χ2v) is 5.29. The topological polar surface area (TPSA) is 78.7 Å². The summed E-state index contributed by atoms with van der Waals surface area (Å²) >= 11 is 0.965. The van der Waals surface area contributed by atoms with Crippen molar-refractivity contribution in [1.29, 1.82) is 0 Å². The van der Waals surface area contributed by atoms with E-state index in [0.29, 0.717) is 17.2 Å². The third kappa shape index (κ3) is 3.65. The number of carbonyl (C=O) groups is 1. The fraction of sp³-hybridized carbons (Fsp3) is 0.214. The van der Waals surface area contributed by atoms with E-state index in [2.05, 4.69) is 0 Å². The average Bonchev–Trinajstić information content (AvgIpc) is 2.84. The first-order valence-electron chi connectivity index (χ1n) is 6.06. The van der Waals surface area contributed by atoms with Crippen molar-refractivity contribution in [3.05, 3.63) is 50.9 Å². The predicted molar refractivity (Wildman–Crippen MR) is 78.2 cm³/mol. The lowest BCUT2D eigenvalue weighted by atomic mass is 10.2. The van der Waals surface area contributed by atoms with E-state index in [1.54, 1.807) is 25.3 Å². The number of thiophene rings is 1. The molecule has 0 amide bonds. The van der Waals surface area contributed by atoms with Gasteiger partial charge in [0.1, 0.15) is 5.75 Å². The molecule has 0 atom stereocenters. The van der Waals surface area contributed by atoms with Gasteiger partial charge in [0, 0.05) is 13.2 Å². The van der Waals surface area contributed by atoms with Crippen LogP contribution in [0.5, 0.6) is 10.8 Å². The lowest BCUT2D eigenvalue weighted by Crippen LogP contribution is -1.91. The quantitative estimate of drug-likeness (QED) is 0.461. The smallest absolute Gasteiger partial charge is 0.323 e. The zero-order valence-corrected chi connectivity index (χ0v) is 12.3. The minimum atomic E-state index is -0.558. The summed E-state index contributed by atoms with van der Waals surface area (Å²) in [4.78, 5) is 22.1. The molecule has 0 aliphatic rings. The molecule has 7 heteroatoms. The summed E-state index contributed by atoms with van der Waals surface area (Å²) in [5.74, 6) is 0.232. The molecule has 0 aliphatic heterocycles. The fourth-order valence-corrected chi connectivity index (χ4v) is 2.60. The monoisotopic (exact) mass is 307 g/mol. The number of hydrogen-bond acceptors (Lipinski definition) is 6. The van der Waals surface area contributed by atoms with Crippen LogP contribution in [0, 0.1) is 10.1 Å². The molecule has 0 saturated heterocycles. The van der Waals surface area contributed by atoms with Crippen LogP contribution in [0.1, 0.15) is 22.2 Å². The zero-order valence-electron chi connectivity index (χ0n) is 11.5. The fourth-order valence-electron chi connectivity index (χ4n) is 1.71. The summed E-state index contributed by atoms with van der Waals surface area (Å²) < 4.78 is 10.6. The van der Waals surface area contributed by atoms with Crippen molar-refractivity contribution in [3.8, 4) is 10.8 Å². The van der Waals surface area contributed by atoms with Crippen LogP contribution in [0.3, 0.4) is 0 Å². The number of carbonyl (C=O) groups excluding carboxylic acids is 1. The molecule has 0 aliphatic carbocycles. The van der Waals surface area contributed by atoms with Gasteiger partial charge in [0.05, 0.1) is 16.4 Å². The molecule has 110 valence electrons. The van der Waals surface area contributed by atoms with Crippen LogP contribution in [0.4, 0.5) is 5.69 Å². The van der Waals surface area contributed by atoms with Crippen molar-refractivity contribution in [2.45, 2.75) is 13.5 Å².